The highest BCUT2D eigenvalue weighted by Gasteiger charge is 1.97. The van der Waals surface area contributed by atoms with Crippen LogP contribution in [0.15, 0.2) is 58.3 Å². The first-order valence-corrected chi connectivity index (χ1v) is 5.96. The van der Waals surface area contributed by atoms with E-state index in [1.165, 1.54) is 0 Å². The summed E-state index contributed by atoms with van der Waals surface area (Å²) in [6.07, 6.45) is 0.844. The summed E-state index contributed by atoms with van der Waals surface area (Å²) in [6, 6.07) is 15.2. The third-order valence-electron chi connectivity index (χ3n) is 2.07. The summed E-state index contributed by atoms with van der Waals surface area (Å²) >= 11 is 7.45. The number of rotatable bonds is 3. The van der Waals surface area contributed by atoms with Crippen molar-refractivity contribution in [3.63, 3.8) is 0 Å². The molecule has 0 aliphatic heterocycles. The van der Waals surface area contributed by atoms with E-state index in [0.29, 0.717) is 5.56 Å². The second-order valence-corrected chi connectivity index (χ2v) is 4.83. The van der Waals surface area contributed by atoms with Crippen LogP contribution in [0.4, 0.5) is 0 Å². The van der Waals surface area contributed by atoms with E-state index >= 15 is 0 Å². The molecule has 2 aromatic carbocycles. The Hall–Kier alpha value is -1.25. The molecular formula is C13H9ClOS. The van der Waals surface area contributed by atoms with E-state index < -0.39 is 0 Å². The predicted octanol–water partition coefficient (Wildman–Crippen LogP) is 4.30. The zero-order chi connectivity index (χ0) is 11.4. The van der Waals surface area contributed by atoms with Crippen molar-refractivity contribution in [2.45, 2.75) is 9.79 Å². The topological polar surface area (TPSA) is 17.1 Å². The van der Waals surface area contributed by atoms with Gasteiger partial charge in [0.1, 0.15) is 6.29 Å². The van der Waals surface area contributed by atoms with Crippen LogP contribution < -0.4 is 0 Å². The molecule has 0 spiro atoms. The molecule has 0 N–H and O–H groups in total. The predicted molar refractivity (Wildman–Crippen MR) is 67.4 cm³/mol. The van der Waals surface area contributed by atoms with Crippen LogP contribution in [0.2, 0.25) is 5.02 Å². The molecule has 0 saturated heterocycles. The highest BCUT2D eigenvalue weighted by Crippen LogP contribution is 2.28. The SMILES string of the molecule is O=Cc1ccc(Sc2ccc(Cl)cc2)cc1. The summed E-state index contributed by atoms with van der Waals surface area (Å²) < 4.78 is 0. The second kappa shape index (κ2) is 5.19. The molecule has 0 radical (unpaired) electrons. The summed E-state index contributed by atoms with van der Waals surface area (Å²) in [4.78, 5) is 12.7. The highest BCUT2D eigenvalue weighted by molar-refractivity contribution is 7.99. The van der Waals surface area contributed by atoms with Gasteiger partial charge in [-0.3, -0.25) is 4.79 Å². The third-order valence-corrected chi connectivity index (χ3v) is 3.33. The number of hydrogen-bond acceptors (Lipinski definition) is 2. The lowest BCUT2D eigenvalue weighted by Gasteiger charge is -2.01. The normalized spacial score (nSPS) is 10.1. The van der Waals surface area contributed by atoms with Crippen molar-refractivity contribution >= 4 is 29.6 Å². The van der Waals surface area contributed by atoms with Gasteiger partial charge in [0.05, 0.1) is 0 Å². The zero-order valence-electron chi connectivity index (χ0n) is 8.39. The Morgan fingerprint density at radius 1 is 0.875 bits per heavy atom. The summed E-state index contributed by atoms with van der Waals surface area (Å²) in [6.45, 7) is 0. The first kappa shape index (κ1) is 11.2. The van der Waals surface area contributed by atoms with Crippen molar-refractivity contribution < 1.29 is 4.79 Å². The van der Waals surface area contributed by atoms with Crippen LogP contribution in [0.25, 0.3) is 0 Å². The molecule has 1 nitrogen and oxygen atoms in total. The minimum absolute atomic E-state index is 0.695. The molecule has 0 unspecified atom stereocenters. The second-order valence-electron chi connectivity index (χ2n) is 3.24. The molecule has 0 fully saturated rings. The standard InChI is InChI=1S/C13H9ClOS/c14-11-3-7-13(8-4-11)16-12-5-1-10(9-15)2-6-12/h1-9H. The van der Waals surface area contributed by atoms with Crippen molar-refractivity contribution in [3.05, 3.63) is 59.1 Å². The molecular weight excluding hydrogens is 240 g/mol. The number of benzene rings is 2. The van der Waals surface area contributed by atoms with E-state index in [2.05, 4.69) is 0 Å². The average Bonchev–Trinajstić information content (AvgIpc) is 2.33. The Bertz CT molecular complexity index is 476. The number of carbonyl (C=O) groups excluding carboxylic acids is 1. The van der Waals surface area contributed by atoms with E-state index in [1.54, 1.807) is 11.8 Å². The highest BCUT2D eigenvalue weighted by atomic mass is 35.5. The molecule has 0 aliphatic rings. The Balaban J connectivity index is 2.14. The van der Waals surface area contributed by atoms with Gasteiger partial charge in [-0.2, -0.15) is 0 Å². The van der Waals surface area contributed by atoms with Gasteiger partial charge in [0.2, 0.25) is 0 Å². The van der Waals surface area contributed by atoms with Gasteiger partial charge < -0.3 is 0 Å². The first-order chi connectivity index (χ1) is 7.78. The molecule has 0 atom stereocenters. The van der Waals surface area contributed by atoms with E-state index in [0.717, 1.165) is 21.1 Å². The van der Waals surface area contributed by atoms with E-state index in [4.69, 9.17) is 11.6 Å². The maximum Gasteiger partial charge on any atom is 0.150 e. The fraction of sp³-hybridized carbons (Fsp3) is 0. The van der Waals surface area contributed by atoms with Crippen LogP contribution in [0.1, 0.15) is 10.4 Å². The number of halogens is 1. The fourth-order valence-electron chi connectivity index (χ4n) is 1.25. The molecule has 16 heavy (non-hydrogen) atoms. The number of carbonyl (C=O) groups is 1. The molecule has 2 aromatic rings. The molecule has 0 aliphatic carbocycles. The maximum atomic E-state index is 10.5. The molecule has 2 rings (SSSR count). The largest absolute Gasteiger partial charge is 0.298 e. The lowest BCUT2D eigenvalue weighted by molar-refractivity contribution is 0.112. The van der Waals surface area contributed by atoms with Crippen molar-refractivity contribution in [1.82, 2.24) is 0 Å². The molecule has 0 heterocycles. The zero-order valence-corrected chi connectivity index (χ0v) is 9.96. The average molecular weight is 249 g/mol. The smallest absolute Gasteiger partial charge is 0.150 e. The van der Waals surface area contributed by atoms with E-state index in [9.17, 15) is 4.79 Å². The fourth-order valence-corrected chi connectivity index (χ4v) is 2.20. The number of hydrogen-bond donors (Lipinski definition) is 0. The van der Waals surface area contributed by atoms with E-state index in [1.807, 2.05) is 48.5 Å². The van der Waals surface area contributed by atoms with Crippen LogP contribution in [0.5, 0.6) is 0 Å². The Morgan fingerprint density at radius 2 is 1.38 bits per heavy atom. The molecule has 0 saturated carbocycles. The summed E-state index contributed by atoms with van der Waals surface area (Å²) in [5, 5.41) is 0.737. The summed E-state index contributed by atoms with van der Waals surface area (Å²) in [7, 11) is 0. The third kappa shape index (κ3) is 2.87. The lowest BCUT2D eigenvalue weighted by atomic mass is 10.2. The van der Waals surface area contributed by atoms with Crippen molar-refractivity contribution in [2.24, 2.45) is 0 Å². The van der Waals surface area contributed by atoms with Crippen LogP contribution in [-0.4, -0.2) is 6.29 Å². The van der Waals surface area contributed by atoms with Gasteiger partial charge in [-0.1, -0.05) is 35.5 Å². The van der Waals surface area contributed by atoms with Crippen LogP contribution in [0, 0.1) is 0 Å². The van der Waals surface area contributed by atoms with E-state index in [-0.39, 0.29) is 0 Å². The van der Waals surface area contributed by atoms with Crippen molar-refractivity contribution in [1.29, 1.82) is 0 Å². The Labute approximate surface area is 103 Å². The van der Waals surface area contributed by atoms with Crippen molar-refractivity contribution in [3.8, 4) is 0 Å². The minimum atomic E-state index is 0.695. The van der Waals surface area contributed by atoms with Crippen molar-refractivity contribution in [2.75, 3.05) is 0 Å². The molecule has 3 heteroatoms. The molecule has 0 aromatic heterocycles. The van der Waals surface area contributed by atoms with Crippen LogP contribution in [-0.2, 0) is 0 Å². The van der Waals surface area contributed by atoms with Gasteiger partial charge in [0.15, 0.2) is 0 Å². The summed E-state index contributed by atoms with van der Waals surface area (Å²) in [5.74, 6) is 0. The Kier molecular flexibility index (Phi) is 3.65. The first-order valence-electron chi connectivity index (χ1n) is 4.76. The van der Waals surface area contributed by atoms with Crippen LogP contribution >= 0.6 is 23.4 Å². The Morgan fingerprint density at radius 3 is 1.88 bits per heavy atom. The minimum Gasteiger partial charge on any atom is -0.298 e. The van der Waals surface area contributed by atoms with Gasteiger partial charge in [-0.25, -0.2) is 0 Å². The molecule has 80 valence electrons. The number of aldehydes is 1. The lowest BCUT2D eigenvalue weighted by Crippen LogP contribution is -1.78. The molecule has 0 amide bonds. The monoisotopic (exact) mass is 248 g/mol. The van der Waals surface area contributed by atoms with Gasteiger partial charge in [0, 0.05) is 20.4 Å². The van der Waals surface area contributed by atoms with Crippen LogP contribution in [0.3, 0.4) is 0 Å². The van der Waals surface area contributed by atoms with Gasteiger partial charge in [-0.05, 0) is 36.4 Å². The van der Waals surface area contributed by atoms with Gasteiger partial charge in [-0.15, -0.1) is 0 Å². The quantitative estimate of drug-likeness (QED) is 0.754. The maximum absolute atomic E-state index is 10.5. The molecule has 0 bridgehead atoms. The summed E-state index contributed by atoms with van der Waals surface area (Å²) in [5.41, 5.74) is 0.695. The van der Waals surface area contributed by atoms with Gasteiger partial charge in [0.25, 0.3) is 0 Å². The van der Waals surface area contributed by atoms with Gasteiger partial charge >= 0.3 is 0 Å².